The second kappa shape index (κ2) is 4.56. The molecule has 18 heavy (non-hydrogen) atoms. The normalized spacial score (nSPS) is 17.8. The molecule has 1 N–H and O–H groups in total. The molecule has 98 valence electrons. The Labute approximate surface area is 112 Å². The monoisotopic (exact) mass is 267 g/mol. The molecule has 3 nitrogen and oxygen atoms in total. The highest BCUT2D eigenvalue weighted by Gasteiger charge is 2.45. The minimum Gasteiger partial charge on any atom is -0.386 e. The number of nitrogens with zero attached hydrogens (tertiary/aromatic N) is 1. The number of carbonyl (C=O) groups is 1. The topological polar surface area (TPSA) is 40.5 Å². The fourth-order valence-electron chi connectivity index (χ4n) is 2.03. The van der Waals surface area contributed by atoms with E-state index in [1.807, 2.05) is 26.8 Å². The quantitative estimate of drug-likeness (QED) is 0.894. The minimum absolute atomic E-state index is 0.0674. The molecule has 0 unspecified atom stereocenters. The Morgan fingerprint density at radius 1 is 1.44 bits per heavy atom. The molecular formula is C14H18ClNO2. The first kappa shape index (κ1) is 13.4. The van der Waals surface area contributed by atoms with E-state index in [-0.39, 0.29) is 11.8 Å². The summed E-state index contributed by atoms with van der Waals surface area (Å²) >= 11 is 6.01. The molecule has 1 saturated heterocycles. The third-order valence-corrected chi connectivity index (χ3v) is 4.12. The third kappa shape index (κ3) is 2.25. The predicted molar refractivity (Wildman–Crippen MR) is 71.9 cm³/mol. The SMILES string of the molecule is Cc1ccc(C(=O)N2CC(O)(C(C)C)C2)cc1Cl. The van der Waals surface area contributed by atoms with Crippen LogP contribution in [-0.2, 0) is 0 Å². The average Bonchev–Trinajstić information content (AvgIpc) is 2.27. The first-order chi connectivity index (χ1) is 8.33. The van der Waals surface area contributed by atoms with Gasteiger partial charge in [-0.2, -0.15) is 0 Å². The van der Waals surface area contributed by atoms with E-state index in [0.717, 1.165) is 5.56 Å². The van der Waals surface area contributed by atoms with Crippen LogP contribution in [-0.4, -0.2) is 34.6 Å². The van der Waals surface area contributed by atoms with Gasteiger partial charge >= 0.3 is 0 Å². The van der Waals surface area contributed by atoms with E-state index in [1.54, 1.807) is 17.0 Å². The summed E-state index contributed by atoms with van der Waals surface area (Å²) in [5.74, 6) is 0.0883. The second-order valence-corrected chi connectivity index (χ2v) is 5.79. The first-order valence-corrected chi connectivity index (χ1v) is 6.49. The maximum atomic E-state index is 12.2. The molecule has 0 bridgehead atoms. The summed E-state index contributed by atoms with van der Waals surface area (Å²) in [5, 5.41) is 10.7. The molecule has 0 aromatic heterocycles. The standard InChI is InChI=1S/C14H18ClNO2/c1-9(2)14(18)7-16(8-14)13(17)11-5-4-10(3)12(15)6-11/h4-6,9,18H,7-8H2,1-3H3. The van der Waals surface area contributed by atoms with Crippen LogP contribution >= 0.6 is 11.6 Å². The lowest BCUT2D eigenvalue weighted by Gasteiger charge is -2.49. The molecule has 0 atom stereocenters. The molecule has 0 spiro atoms. The maximum Gasteiger partial charge on any atom is 0.254 e. The van der Waals surface area contributed by atoms with Gasteiger partial charge in [-0.3, -0.25) is 4.79 Å². The Hall–Kier alpha value is -1.06. The fourth-order valence-corrected chi connectivity index (χ4v) is 2.21. The van der Waals surface area contributed by atoms with Crippen molar-refractivity contribution in [1.29, 1.82) is 0 Å². The number of amides is 1. The van der Waals surface area contributed by atoms with Gasteiger partial charge in [0.2, 0.25) is 0 Å². The lowest BCUT2D eigenvalue weighted by Crippen LogP contribution is -2.65. The summed E-state index contributed by atoms with van der Waals surface area (Å²) in [4.78, 5) is 13.8. The maximum absolute atomic E-state index is 12.2. The van der Waals surface area contributed by atoms with Crippen LogP contribution in [0.5, 0.6) is 0 Å². The molecule has 1 aromatic rings. The van der Waals surface area contributed by atoms with Crippen molar-refractivity contribution in [3.8, 4) is 0 Å². The number of likely N-dealkylation sites (tertiary alicyclic amines) is 1. The fraction of sp³-hybridized carbons (Fsp3) is 0.500. The van der Waals surface area contributed by atoms with Crippen molar-refractivity contribution in [3.05, 3.63) is 34.3 Å². The van der Waals surface area contributed by atoms with Crippen LogP contribution in [0.25, 0.3) is 0 Å². The van der Waals surface area contributed by atoms with E-state index in [1.165, 1.54) is 0 Å². The Morgan fingerprint density at radius 3 is 2.56 bits per heavy atom. The highest BCUT2D eigenvalue weighted by atomic mass is 35.5. The van der Waals surface area contributed by atoms with E-state index in [4.69, 9.17) is 11.6 Å². The summed E-state index contributed by atoms with van der Waals surface area (Å²) in [6.45, 7) is 6.62. The Kier molecular flexibility index (Phi) is 3.39. The van der Waals surface area contributed by atoms with E-state index in [0.29, 0.717) is 23.7 Å². The number of aliphatic hydroxyl groups is 1. The molecule has 0 saturated carbocycles. The van der Waals surface area contributed by atoms with Gasteiger partial charge in [-0.15, -0.1) is 0 Å². The molecule has 2 rings (SSSR count). The van der Waals surface area contributed by atoms with Crippen LogP contribution in [0.15, 0.2) is 18.2 Å². The van der Waals surface area contributed by atoms with Gasteiger partial charge in [0.1, 0.15) is 5.60 Å². The Balaban J connectivity index is 2.08. The number of rotatable bonds is 2. The summed E-state index contributed by atoms with van der Waals surface area (Å²) in [7, 11) is 0. The molecule has 1 aromatic carbocycles. The average molecular weight is 268 g/mol. The second-order valence-electron chi connectivity index (χ2n) is 5.38. The van der Waals surface area contributed by atoms with Gasteiger partial charge in [0.15, 0.2) is 0 Å². The van der Waals surface area contributed by atoms with Crippen molar-refractivity contribution in [2.45, 2.75) is 26.4 Å². The van der Waals surface area contributed by atoms with E-state index in [9.17, 15) is 9.90 Å². The number of hydrogen-bond donors (Lipinski definition) is 1. The van der Waals surface area contributed by atoms with Crippen molar-refractivity contribution >= 4 is 17.5 Å². The molecule has 1 aliphatic rings. The summed E-state index contributed by atoms with van der Waals surface area (Å²) in [6.07, 6.45) is 0. The highest BCUT2D eigenvalue weighted by molar-refractivity contribution is 6.31. The molecule has 0 radical (unpaired) electrons. The van der Waals surface area contributed by atoms with Crippen molar-refractivity contribution < 1.29 is 9.90 Å². The molecule has 1 amide bonds. The number of carbonyl (C=O) groups excluding carboxylic acids is 1. The Morgan fingerprint density at radius 2 is 2.06 bits per heavy atom. The van der Waals surface area contributed by atoms with Crippen LogP contribution in [0.1, 0.15) is 29.8 Å². The van der Waals surface area contributed by atoms with E-state index >= 15 is 0 Å². The molecular weight excluding hydrogens is 250 g/mol. The van der Waals surface area contributed by atoms with Crippen LogP contribution in [0.3, 0.4) is 0 Å². The smallest absolute Gasteiger partial charge is 0.254 e. The number of hydrogen-bond acceptors (Lipinski definition) is 2. The molecule has 0 aliphatic carbocycles. The number of aryl methyl sites for hydroxylation is 1. The van der Waals surface area contributed by atoms with Gasteiger partial charge in [-0.1, -0.05) is 31.5 Å². The minimum atomic E-state index is -0.732. The molecule has 4 heteroatoms. The lowest BCUT2D eigenvalue weighted by atomic mass is 9.82. The van der Waals surface area contributed by atoms with Crippen molar-refractivity contribution in [2.75, 3.05) is 13.1 Å². The zero-order valence-electron chi connectivity index (χ0n) is 10.9. The largest absolute Gasteiger partial charge is 0.386 e. The Bertz CT molecular complexity index is 479. The summed E-state index contributed by atoms with van der Waals surface area (Å²) < 4.78 is 0. The molecule has 1 heterocycles. The van der Waals surface area contributed by atoms with E-state index < -0.39 is 5.60 Å². The van der Waals surface area contributed by atoms with Gasteiger partial charge in [0.05, 0.1) is 13.1 Å². The van der Waals surface area contributed by atoms with Crippen LogP contribution in [0, 0.1) is 12.8 Å². The zero-order chi connectivity index (χ0) is 13.5. The van der Waals surface area contributed by atoms with Gasteiger partial charge in [-0.25, -0.2) is 0 Å². The zero-order valence-corrected chi connectivity index (χ0v) is 11.7. The lowest BCUT2D eigenvalue weighted by molar-refractivity contribution is -0.110. The van der Waals surface area contributed by atoms with Gasteiger partial charge in [0, 0.05) is 10.6 Å². The number of halogens is 1. The summed E-state index contributed by atoms with van der Waals surface area (Å²) in [6, 6.07) is 5.30. The van der Waals surface area contributed by atoms with Crippen molar-refractivity contribution in [1.82, 2.24) is 4.90 Å². The van der Waals surface area contributed by atoms with Gasteiger partial charge in [0.25, 0.3) is 5.91 Å². The van der Waals surface area contributed by atoms with Gasteiger partial charge in [-0.05, 0) is 30.5 Å². The third-order valence-electron chi connectivity index (χ3n) is 3.71. The highest BCUT2D eigenvalue weighted by Crippen LogP contribution is 2.30. The molecule has 1 aliphatic heterocycles. The predicted octanol–water partition coefficient (Wildman–Crippen LogP) is 2.49. The van der Waals surface area contributed by atoms with Crippen molar-refractivity contribution in [2.24, 2.45) is 5.92 Å². The molecule has 1 fully saturated rings. The summed E-state index contributed by atoms with van der Waals surface area (Å²) in [5.41, 5.74) is 0.802. The van der Waals surface area contributed by atoms with Crippen LogP contribution in [0.2, 0.25) is 5.02 Å². The van der Waals surface area contributed by atoms with Crippen LogP contribution in [0.4, 0.5) is 0 Å². The first-order valence-electron chi connectivity index (χ1n) is 6.11. The van der Waals surface area contributed by atoms with Gasteiger partial charge < -0.3 is 10.0 Å². The number of benzene rings is 1. The van der Waals surface area contributed by atoms with E-state index in [2.05, 4.69) is 0 Å². The number of β-amino-alcohol motifs (C(OH)–C–C–N with tert-alkyl or cyclic N) is 1. The van der Waals surface area contributed by atoms with Crippen LogP contribution < -0.4 is 0 Å². The van der Waals surface area contributed by atoms with Crippen molar-refractivity contribution in [3.63, 3.8) is 0 Å².